The molecule has 3 aromatic heterocycles. The van der Waals surface area contributed by atoms with Gasteiger partial charge in [-0.3, -0.25) is 0 Å². The molecule has 0 N–H and O–H groups in total. The van der Waals surface area contributed by atoms with Gasteiger partial charge in [0.1, 0.15) is 0 Å². The van der Waals surface area contributed by atoms with Gasteiger partial charge in [0.15, 0.2) is 0 Å². The van der Waals surface area contributed by atoms with Crippen LogP contribution in [0.2, 0.25) is 0 Å². The molecule has 0 radical (unpaired) electrons. The first-order valence-electron chi connectivity index (χ1n) is 21.3. The number of aromatic nitrogens is 3. The Balaban J connectivity index is 1.11. The van der Waals surface area contributed by atoms with Crippen LogP contribution in [0.5, 0.6) is 0 Å². The summed E-state index contributed by atoms with van der Waals surface area (Å²) in [4.78, 5) is 5.09. The van der Waals surface area contributed by atoms with Crippen LogP contribution in [0.15, 0.2) is 180 Å². The van der Waals surface area contributed by atoms with Gasteiger partial charge in [0, 0.05) is 86.9 Å². The molecule has 0 atom stereocenters. The van der Waals surface area contributed by atoms with E-state index in [4.69, 9.17) is 0 Å². The van der Waals surface area contributed by atoms with Crippen LogP contribution >= 0.6 is 11.8 Å². The number of benzene rings is 9. The van der Waals surface area contributed by atoms with Crippen molar-refractivity contribution < 1.29 is 0 Å². The molecule has 5 aliphatic heterocycles. The maximum Gasteiger partial charge on any atom is 0.252 e. The lowest BCUT2D eigenvalue weighted by molar-refractivity contribution is 1.11. The van der Waals surface area contributed by atoms with Gasteiger partial charge in [0.25, 0.3) is 13.4 Å². The summed E-state index contributed by atoms with van der Waals surface area (Å²) in [6.45, 7) is 0.120. The molecule has 17 rings (SSSR count). The third kappa shape index (κ3) is 3.29. The zero-order valence-corrected chi connectivity index (χ0v) is 33.3. The molecule has 0 saturated carbocycles. The minimum atomic E-state index is 0.0283. The molecule has 0 amide bonds. The summed E-state index contributed by atoms with van der Waals surface area (Å²) in [7, 11) is 0. The maximum atomic E-state index is 2.73. The first-order chi connectivity index (χ1) is 30.3. The molecule has 276 valence electrons. The Hall–Kier alpha value is -7.34. The summed E-state index contributed by atoms with van der Waals surface area (Å²) in [5, 5.41) is 7.91. The van der Waals surface area contributed by atoms with Crippen LogP contribution < -0.4 is 37.7 Å². The molecule has 0 fully saturated rings. The van der Waals surface area contributed by atoms with Gasteiger partial charge >= 0.3 is 0 Å². The van der Waals surface area contributed by atoms with E-state index in [1.807, 2.05) is 11.8 Å². The summed E-state index contributed by atoms with van der Waals surface area (Å²) in [5.41, 5.74) is 23.9. The molecular formula is C54H28B2N4S. The van der Waals surface area contributed by atoms with Crippen molar-refractivity contribution >= 4 is 140 Å². The Morgan fingerprint density at radius 1 is 0.344 bits per heavy atom. The molecule has 61 heavy (non-hydrogen) atoms. The van der Waals surface area contributed by atoms with Gasteiger partial charge in [-0.05, 0) is 87.4 Å². The third-order valence-corrected chi connectivity index (χ3v) is 16.1. The maximum absolute atomic E-state index is 2.73. The molecule has 9 aromatic carbocycles. The summed E-state index contributed by atoms with van der Waals surface area (Å²) < 4.78 is 7.97. The summed E-state index contributed by atoms with van der Waals surface area (Å²) >= 11 is 1.87. The van der Waals surface area contributed by atoms with Gasteiger partial charge in [0.05, 0.1) is 22.4 Å². The quantitative estimate of drug-likeness (QED) is 0.155. The van der Waals surface area contributed by atoms with Gasteiger partial charge in [-0.15, -0.1) is 0 Å². The average Bonchev–Trinajstić information content (AvgIpc) is 3.96. The molecular weight excluding hydrogens is 758 g/mol. The standard InChI is InChI=1S/C54H28B2N4S/c1-3-20-40-30(12-1)32-14-9-17-36-50(32)58(40)44-28-45-49-54-48(44)55(36)38-19-11-16-34-35-26-29(57-42-22-5-7-24-46(42)61-47-25-8-6-23-43(47)57)27-39(53(35)60(54)52(34)38)56(49)37-18-10-15-33-31-13-2-4-21-41(31)59(45)51(33)37/h1-28H. The predicted octanol–water partition coefficient (Wildman–Crippen LogP) is 9.20. The van der Waals surface area contributed by atoms with E-state index in [-0.39, 0.29) is 13.4 Å². The fourth-order valence-electron chi connectivity index (χ4n) is 12.9. The Morgan fingerprint density at radius 2 is 0.803 bits per heavy atom. The minimum absolute atomic E-state index is 0.0283. The van der Waals surface area contributed by atoms with Crippen molar-refractivity contribution in [1.29, 1.82) is 0 Å². The first kappa shape index (κ1) is 30.7. The number of para-hydroxylation sites is 7. The lowest BCUT2D eigenvalue weighted by atomic mass is 9.30. The molecule has 8 heterocycles. The summed E-state index contributed by atoms with van der Waals surface area (Å²) in [5.74, 6) is 0. The van der Waals surface area contributed by atoms with Crippen molar-refractivity contribution in [2.75, 3.05) is 4.90 Å². The summed E-state index contributed by atoms with van der Waals surface area (Å²) in [6, 6.07) is 64.9. The van der Waals surface area contributed by atoms with Gasteiger partial charge in [0.2, 0.25) is 0 Å². The van der Waals surface area contributed by atoms with Gasteiger partial charge < -0.3 is 18.6 Å². The zero-order valence-electron chi connectivity index (χ0n) is 32.5. The van der Waals surface area contributed by atoms with E-state index in [0.717, 1.165) is 0 Å². The number of anilines is 3. The molecule has 4 nitrogen and oxygen atoms in total. The van der Waals surface area contributed by atoms with Crippen LogP contribution in [0.1, 0.15) is 0 Å². The number of nitrogens with zero attached hydrogens (tertiary/aromatic N) is 4. The van der Waals surface area contributed by atoms with Crippen molar-refractivity contribution in [2.24, 2.45) is 0 Å². The monoisotopic (exact) mass is 786 g/mol. The highest BCUT2D eigenvalue weighted by Gasteiger charge is 2.49. The lowest BCUT2D eigenvalue weighted by Crippen LogP contribution is -2.66. The smallest absolute Gasteiger partial charge is 0.252 e. The summed E-state index contributed by atoms with van der Waals surface area (Å²) in [6.07, 6.45) is 0. The molecule has 0 bridgehead atoms. The fraction of sp³-hybridized carbons (Fsp3) is 0. The van der Waals surface area contributed by atoms with Crippen LogP contribution in [-0.4, -0.2) is 27.1 Å². The highest BCUT2D eigenvalue weighted by Crippen LogP contribution is 2.52. The van der Waals surface area contributed by atoms with E-state index in [1.54, 1.807) is 0 Å². The predicted molar refractivity (Wildman–Crippen MR) is 258 cm³/mol. The van der Waals surface area contributed by atoms with E-state index in [1.165, 1.54) is 142 Å². The van der Waals surface area contributed by atoms with Crippen molar-refractivity contribution in [2.45, 2.75) is 9.79 Å². The molecule has 0 spiro atoms. The van der Waals surface area contributed by atoms with Crippen LogP contribution in [0.25, 0.3) is 82.5 Å². The minimum Gasteiger partial charge on any atom is -0.311 e. The van der Waals surface area contributed by atoms with Crippen molar-refractivity contribution in [3.8, 4) is 17.1 Å². The van der Waals surface area contributed by atoms with Crippen LogP contribution in [0, 0.1) is 0 Å². The van der Waals surface area contributed by atoms with Crippen molar-refractivity contribution in [3.63, 3.8) is 0 Å². The van der Waals surface area contributed by atoms with E-state index in [9.17, 15) is 0 Å². The Bertz CT molecular complexity index is 4090. The van der Waals surface area contributed by atoms with Crippen LogP contribution in [0.3, 0.4) is 0 Å². The lowest BCUT2D eigenvalue weighted by Gasteiger charge is -2.41. The Kier molecular flexibility index (Phi) is 5.10. The highest BCUT2D eigenvalue weighted by molar-refractivity contribution is 7.99. The SMILES string of the molecule is c1ccc2c(c1)Sc1ccccc1N2c1cc2c3c(c1)c1cccc4c1n3-c1c3c(cc5c1B2c1cccc2c6ccccc6n-5c12)-n1c2ccccc2c2cccc(c21)B34. The molecule has 0 aliphatic carbocycles. The second kappa shape index (κ2) is 10.2. The van der Waals surface area contributed by atoms with E-state index in [2.05, 4.69) is 188 Å². The second-order valence-corrected chi connectivity index (χ2v) is 18.6. The third-order valence-electron chi connectivity index (χ3n) is 14.9. The fourth-order valence-corrected chi connectivity index (χ4v) is 13.9. The Morgan fingerprint density at radius 3 is 1.39 bits per heavy atom. The van der Waals surface area contributed by atoms with Crippen molar-refractivity contribution in [1.82, 2.24) is 13.7 Å². The molecule has 7 heteroatoms. The largest absolute Gasteiger partial charge is 0.311 e. The van der Waals surface area contributed by atoms with E-state index in [0.29, 0.717) is 0 Å². The number of hydrogen-bond acceptors (Lipinski definition) is 2. The van der Waals surface area contributed by atoms with Gasteiger partial charge in [-0.2, -0.15) is 0 Å². The average molecular weight is 787 g/mol. The van der Waals surface area contributed by atoms with Crippen LogP contribution in [-0.2, 0) is 0 Å². The topological polar surface area (TPSA) is 18.0 Å². The van der Waals surface area contributed by atoms with E-state index >= 15 is 0 Å². The number of rotatable bonds is 1. The molecule has 0 unspecified atom stereocenters. The first-order valence-corrected chi connectivity index (χ1v) is 22.2. The second-order valence-electron chi connectivity index (χ2n) is 17.5. The van der Waals surface area contributed by atoms with E-state index < -0.39 is 0 Å². The Labute approximate surface area is 354 Å². The molecule has 5 aliphatic rings. The highest BCUT2D eigenvalue weighted by atomic mass is 32.2. The molecule has 12 aromatic rings. The van der Waals surface area contributed by atoms with Gasteiger partial charge in [-0.25, -0.2) is 0 Å². The van der Waals surface area contributed by atoms with Crippen molar-refractivity contribution in [3.05, 3.63) is 170 Å². The van der Waals surface area contributed by atoms with Gasteiger partial charge in [-0.1, -0.05) is 127 Å². The zero-order chi connectivity index (χ0) is 39.0. The normalized spacial score (nSPS) is 14.4. The number of hydrogen-bond donors (Lipinski definition) is 0. The van der Waals surface area contributed by atoms with Crippen LogP contribution in [0.4, 0.5) is 17.1 Å². The number of fused-ring (bicyclic) bond motifs is 15. The molecule has 0 saturated heterocycles.